The molecule has 1 atom stereocenters. The van der Waals surface area contributed by atoms with E-state index in [0.29, 0.717) is 18.0 Å². The maximum absolute atomic E-state index is 12.9. The van der Waals surface area contributed by atoms with Crippen molar-refractivity contribution in [1.82, 2.24) is 9.55 Å². The molecule has 1 N–H and O–H groups in total. The van der Waals surface area contributed by atoms with E-state index in [0.717, 1.165) is 48.3 Å². The SMILES string of the molecule is CCC(CC)n1c(Cc2cccs2)nc2cc(C(=O)C[C@H](CO)CCSC)ccc21. The molecule has 6 heteroatoms. The number of carbonyl (C=O) groups excluding carboxylic acids is 1. The highest BCUT2D eigenvalue weighted by atomic mass is 32.2. The van der Waals surface area contributed by atoms with E-state index < -0.39 is 0 Å². The van der Waals surface area contributed by atoms with E-state index in [4.69, 9.17) is 4.98 Å². The molecule has 0 saturated carbocycles. The van der Waals surface area contributed by atoms with Crippen molar-refractivity contribution in [2.24, 2.45) is 5.92 Å². The Balaban J connectivity index is 1.92. The molecule has 2 heterocycles. The average molecular weight is 445 g/mol. The fourth-order valence-electron chi connectivity index (χ4n) is 4.00. The first-order valence-corrected chi connectivity index (χ1v) is 13.0. The lowest BCUT2D eigenvalue weighted by atomic mass is 9.96. The van der Waals surface area contributed by atoms with E-state index in [-0.39, 0.29) is 18.3 Å². The summed E-state index contributed by atoms with van der Waals surface area (Å²) in [4.78, 5) is 19.1. The molecular weight excluding hydrogens is 412 g/mol. The Morgan fingerprint density at radius 1 is 1.27 bits per heavy atom. The summed E-state index contributed by atoms with van der Waals surface area (Å²) in [6.45, 7) is 4.50. The van der Waals surface area contributed by atoms with Gasteiger partial charge in [0.25, 0.3) is 0 Å². The van der Waals surface area contributed by atoms with Crippen molar-refractivity contribution < 1.29 is 9.90 Å². The Kier molecular flexibility index (Phi) is 8.54. The first kappa shape index (κ1) is 23.0. The highest BCUT2D eigenvalue weighted by molar-refractivity contribution is 7.98. The number of aliphatic hydroxyl groups is 1. The van der Waals surface area contributed by atoms with Crippen LogP contribution >= 0.6 is 23.1 Å². The number of fused-ring (bicyclic) bond motifs is 1. The summed E-state index contributed by atoms with van der Waals surface area (Å²) < 4.78 is 2.37. The molecule has 0 bridgehead atoms. The van der Waals surface area contributed by atoms with Gasteiger partial charge in [0.2, 0.25) is 0 Å². The topological polar surface area (TPSA) is 55.1 Å². The number of thiophene rings is 1. The number of nitrogens with zero attached hydrogens (tertiary/aromatic N) is 2. The zero-order valence-corrected chi connectivity index (χ0v) is 19.8. The van der Waals surface area contributed by atoms with E-state index in [1.54, 1.807) is 23.1 Å². The number of aliphatic hydroxyl groups excluding tert-OH is 1. The van der Waals surface area contributed by atoms with Crippen LogP contribution in [0.25, 0.3) is 11.0 Å². The summed E-state index contributed by atoms with van der Waals surface area (Å²) >= 11 is 3.50. The first-order chi connectivity index (χ1) is 14.6. The molecule has 0 amide bonds. The molecule has 30 heavy (non-hydrogen) atoms. The quantitative estimate of drug-likeness (QED) is 0.349. The van der Waals surface area contributed by atoms with Crippen molar-refractivity contribution in [3.05, 3.63) is 52.0 Å². The Morgan fingerprint density at radius 3 is 2.70 bits per heavy atom. The van der Waals surface area contributed by atoms with Crippen molar-refractivity contribution in [2.75, 3.05) is 18.6 Å². The standard InChI is InChI=1S/C24H32N2O2S2/c1-4-19(5-2)26-22-9-8-18(23(28)13-17(16-27)10-12-29-3)14-21(22)25-24(26)15-20-7-6-11-30-20/h6-9,11,14,17,19,27H,4-5,10,12-13,15-16H2,1-3H3/t17-/m1/s1. The molecule has 0 spiro atoms. The number of aromatic nitrogens is 2. The number of carbonyl (C=O) groups is 1. The Bertz CT molecular complexity index is 946. The molecule has 0 radical (unpaired) electrons. The van der Waals surface area contributed by atoms with Crippen LogP contribution in [0.1, 0.15) is 66.6 Å². The number of thioether (sulfide) groups is 1. The molecule has 0 fully saturated rings. The number of hydrogen-bond acceptors (Lipinski definition) is 5. The summed E-state index contributed by atoms with van der Waals surface area (Å²) in [5.41, 5.74) is 2.69. The minimum atomic E-state index is 0.0251. The Morgan fingerprint density at radius 2 is 2.07 bits per heavy atom. The molecule has 0 saturated heterocycles. The van der Waals surface area contributed by atoms with Crippen LogP contribution in [0.2, 0.25) is 0 Å². The maximum Gasteiger partial charge on any atom is 0.163 e. The van der Waals surface area contributed by atoms with Gasteiger partial charge in [-0.2, -0.15) is 11.8 Å². The summed E-state index contributed by atoms with van der Waals surface area (Å²) in [5, 5.41) is 11.7. The summed E-state index contributed by atoms with van der Waals surface area (Å²) in [5.74, 6) is 2.15. The molecular formula is C24H32N2O2S2. The fraction of sp³-hybridized carbons (Fsp3) is 0.500. The third-order valence-corrected chi connectivity index (χ3v) is 7.29. The molecule has 0 unspecified atom stereocenters. The van der Waals surface area contributed by atoms with Crippen LogP contribution in [0, 0.1) is 5.92 Å². The lowest BCUT2D eigenvalue weighted by Gasteiger charge is -2.19. The van der Waals surface area contributed by atoms with Crippen LogP contribution < -0.4 is 0 Å². The molecule has 4 nitrogen and oxygen atoms in total. The number of benzene rings is 1. The van der Waals surface area contributed by atoms with E-state index in [1.165, 1.54) is 4.88 Å². The van der Waals surface area contributed by atoms with Gasteiger partial charge in [0.15, 0.2) is 5.78 Å². The van der Waals surface area contributed by atoms with Gasteiger partial charge in [-0.05, 0) is 66.8 Å². The average Bonchev–Trinajstić information content (AvgIpc) is 3.39. The summed E-state index contributed by atoms with van der Waals surface area (Å²) in [6.07, 6.45) is 6.21. The second kappa shape index (κ2) is 11.1. The van der Waals surface area contributed by atoms with E-state index >= 15 is 0 Å². The highest BCUT2D eigenvalue weighted by Crippen LogP contribution is 2.29. The maximum atomic E-state index is 12.9. The van der Waals surface area contributed by atoms with E-state index in [9.17, 15) is 9.90 Å². The van der Waals surface area contributed by atoms with Crippen LogP contribution in [0.3, 0.4) is 0 Å². The largest absolute Gasteiger partial charge is 0.396 e. The zero-order valence-electron chi connectivity index (χ0n) is 18.1. The first-order valence-electron chi connectivity index (χ1n) is 10.8. The Hall–Kier alpha value is -1.63. The van der Waals surface area contributed by atoms with E-state index in [1.807, 2.05) is 18.4 Å². The molecule has 162 valence electrons. The van der Waals surface area contributed by atoms with Gasteiger partial charge < -0.3 is 9.67 Å². The Labute approximate surface area is 187 Å². The van der Waals surface area contributed by atoms with Gasteiger partial charge >= 0.3 is 0 Å². The van der Waals surface area contributed by atoms with Gasteiger partial charge in [0.05, 0.1) is 11.0 Å². The van der Waals surface area contributed by atoms with Crippen LogP contribution in [0.15, 0.2) is 35.7 Å². The van der Waals surface area contributed by atoms with Gasteiger partial charge in [-0.25, -0.2) is 4.98 Å². The minimum absolute atomic E-state index is 0.0251. The molecule has 0 aliphatic rings. The van der Waals surface area contributed by atoms with Gasteiger partial charge in [-0.15, -0.1) is 11.3 Å². The van der Waals surface area contributed by atoms with E-state index in [2.05, 4.69) is 42.0 Å². The second-order valence-corrected chi connectivity index (χ2v) is 9.80. The molecule has 1 aromatic carbocycles. The summed E-state index contributed by atoms with van der Waals surface area (Å²) in [7, 11) is 0. The predicted molar refractivity (Wildman–Crippen MR) is 129 cm³/mol. The third kappa shape index (κ3) is 5.34. The molecule has 0 aliphatic carbocycles. The highest BCUT2D eigenvalue weighted by Gasteiger charge is 2.20. The van der Waals surface area contributed by atoms with Crippen LogP contribution in [-0.4, -0.2) is 39.1 Å². The number of hydrogen-bond donors (Lipinski definition) is 1. The molecule has 3 rings (SSSR count). The fourth-order valence-corrected chi connectivity index (χ4v) is 5.27. The second-order valence-electron chi connectivity index (χ2n) is 7.79. The van der Waals surface area contributed by atoms with Crippen molar-refractivity contribution in [1.29, 1.82) is 0 Å². The lowest BCUT2D eigenvalue weighted by Crippen LogP contribution is -2.14. The number of ketones is 1. The van der Waals surface area contributed by atoms with Crippen molar-refractivity contribution in [2.45, 2.75) is 52.0 Å². The van der Waals surface area contributed by atoms with Crippen LogP contribution in [0.4, 0.5) is 0 Å². The normalized spacial score (nSPS) is 12.7. The smallest absolute Gasteiger partial charge is 0.163 e. The third-order valence-electron chi connectivity index (χ3n) is 5.77. The molecule has 3 aromatic rings. The lowest BCUT2D eigenvalue weighted by molar-refractivity contribution is 0.0934. The van der Waals surface area contributed by atoms with Gasteiger partial charge in [0, 0.05) is 35.9 Å². The monoisotopic (exact) mass is 444 g/mol. The van der Waals surface area contributed by atoms with Gasteiger partial charge in [0.1, 0.15) is 5.82 Å². The summed E-state index contributed by atoms with van der Waals surface area (Å²) in [6, 6.07) is 10.6. The molecule has 2 aromatic heterocycles. The van der Waals surface area contributed by atoms with Crippen molar-refractivity contribution in [3.63, 3.8) is 0 Å². The van der Waals surface area contributed by atoms with Gasteiger partial charge in [-0.1, -0.05) is 19.9 Å². The van der Waals surface area contributed by atoms with Crippen molar-refractivity contribution >= 4 is 39.9 Å². The van der Waals surface area contributed by atoms with Crippen molar-refractivity contribution in [3.8, 4) is 0 Å². The van der Waals surface area contributed by atoms with Gasteiger partial charge in [-0.3, -0.25) is 4.79 Å². The number of Topliss-reactive ketones (excluding diaryl/α,β-unsaturated/α-hetero) is 1. The number of rotatable bonds is 12. The molecule has 0 aliphatic heterocycles. The predicted octanol–water partition coefficient (Wildman–Crippen LogP) is 5.98. The zero-order chi connectivity index (χ0) is 21.5. The van der Waals surface area contributed by atoms with Crippen LogP contribution in [0.5, 0.6) is 0 Å². The number of imidazole rings is 1. The van der Waals surface area contributed by atoms with Crippen LogP contribution in [-0.2, 0) is 6.42 Å². The minimum Gasteiger partial charge on any atom is -0.396 e.